The van der Waals surface area contributed by atoms with Gasteiger partial charge in [-0.3, -0.25) is 9.36 Å². The van der Waals surface area contributed by atoms with Gasteiger partial charge in [-0.1, -0.05) is 40.9 Å². The van der Waals surface area contributed by atoms with Gasteiger partial charge >= 0.3 is 0 Å². The lowest BCUT2D eigenvalue weighted by molar-refractivity contribution is 0.739. The molecule has 2 N–H and O–H groups in total. The Balaban J connectivity index is 2.37. The first-order chi connectivity index (χ1) is 8.49. The Bertz CT molecular complexity index is 654. The highest BCUT2D eigenvalue weighted by Crippen LogP contribution is 2.22. The van der Waals surface area contributed by atoms with Crippen LogP contribution in [0, 0.1) is 0 Å². The summed E-state index contributed by atoms with van der Waals surface area (Å²) >= 11 is 17.4. The Hall–Kier alpha value is -1.23. The molecule has 18 heavy (non-hydrogen) atoms. The number of halogens is 3. The Labute approximate surface area is 118 Å². The largest absolute Gasteiger partial charge is 0.392 e. The van der Waals surface area contributed by atoms with Gasteiger partial charge in [0.1, 0.15) is 5.69 Å². The van der Waals surface area contributed by atoms with Gasteiger partial charge in [0.05, 0.1) is 22.9 Å². The molecule has 0 spiro atoms. The maximum absolute atomic E-state index is 11.8. The summed E-state index contributed by atoms with van der Waals surface area (Å²) in [6.45, 7) is 0.296. The highest BCUT2D eigenvalue weighted by Gasteiger charge is 2.07. The van der Waals surface area contributed by atoms with Crippen molar-refractivity contribution in [2.75, 3.05) is 5.73 Å². The van der Waals surface area contributed by atoms with Gasteiger partial charge < -0.3 is 5.73 Å². The van der Waals surface area contributed by atoms with Crippen LogP contribution in [0.25, 0.3) is 0 Å². The van der Waals surface area contributed by atoms with Crippen LogP contribution in [0.4, 0.5) is 5.69 Å². The van der Waals surface area contributed by atoms with Crippen molar-refractivity contribution in [3.63, 3.8) is 0 Å². The lowest BCUT2D eigenvalue weighted by Crippen LogP contribution is -2.24. The zero-order valence-electron chi connectivity index (χ0n) is 9.03. The first-order valence-corrected chi connectivity index (χ1v) is 6.07. The topological polar surface area (TPSA) is 60.9 Å². The normalized spacial score (nSPS) is 10.6. The monoisotopic (exact) mass is 303 g/mol. The van der Waals surface area contributed by atoms with Crippen molar-refractivity contribution in [1.82, 2.24) is 9.55 Å². The quantitative estimate of drug-likeness (QED) is 0.868. The van der Waals surface area contributed by atoms with Crippen molar-refractivity contribution in [2.24, 2.45) is 0 Å². The summed E-state index contributed by atoms with van der Waals surface area (Å²) in [7, 11) is 0. The minimum atomic E-state index is -0.388. The standard InChI is InChI=1S/C11H8Cl3N3O/c12-7-2-1-6(3-8(7)13)4-17-5-16-10(14)9(15)11(17)18/h1-3,5H,4,15H2. The summed E-state index contributed by atoms with van der Waals surface area (Å²) in [5.41, 5.74) is 5.87. The molecule has 94 valence electrons. The van der Waals surface area contributed by atoms with Crippen molar-refractivity contribution in [1.29, 1.82) is 0 Å². The van der Waals surface area contributed by atoms with Crippen LogP contribution >= 0.6 is 34.8 Å². The molecule has 0 saturated carbocycles. The molecular formula is C11H8Cl3N3O. The van der Waals surface area contributed by atoms with Crippen molar-refractivity contribution >= 4 is 40.5 Å². The van der Waals surface area contributed by atoms with Gasteiger partial charge in [0.2, 0.25) is 0 Å². The number of nitrogen functional groups attached to an aromatic ring is 1. The van der Waals surface area contributed by atoms with Crippen molar-refractivity contribution < 1.29 is 0 Å². The summed E-state index contributed by atoms with van der Waals surface area (Å²) in [6.07, 6.45) is 1.34. The summed E-state index contributed by atoms with van der Waals surface area (Å²) < 4.78 is 1.35. The van der Waals surface area contributed by atoms with E-state index in [-0.39, 0.29) is 16.4 Å². The van der Waals surface area contributed by atoms with Crippen LogP contribution in [-0.2, 0) is 6.54 Å². The van der Waals surface area contributed by atoms with E-state index in [1.807, 2.05) is 0 Å². The van der Waals surface area contributed by atoms with Crippen LogP contribution in [0.2, 0.25) is 15.2 Å². The molecule has 1 aromatic heterocycles. The van der Waals surface area contributed by atoms with Gasteiger partial charge in [-0.2, -0.15) is 0 Å². The minimum absolute atomic E-state index is 0.00499. The van der Waals surface area contributed by atoms with Crippen LogP contribution in [0.1, 0.15) is 5.56 Å². The van der Waals surface area contributed by atoms with Gasteiger partial charge in [-0.15, -0.1) is 0 Å². The highest BCUT2D eigenvalue weighted by atomic mass is 35.5. The van der Waals surface area contributed by atoms with Gasteiger partial charge in [0.25, 0.3) is 5.56 Å². The lowest BCUT2D eigenvalue weighted by atomic mass is 10.2. The van der Waals surface area contributed by atoms with Crippen LogP contribution < -0.4 is 11.3 Å². The van der Waals surface area contributed by atoms with E-state index in [0.29, 0.717) is 16.6 Å². The molecule has 0 aliphatic heterocycles. The second-order valence-electron chi connectivity index (χ2n) is 3.63. The summed E-state index contributed by atoms with van der Waals surface area (Å²) in [5, 5.41) is 0.893. The first kappa shape index (κ1) is 13.2. The second-order valence-corrected chi connectivity index (χ2v) is 4.80. The Morgan fingerprint density at radius 3 is 2.61 bits per heavy atom. The molecule has 1 heterocycles. The van der Waals surface area contributed by atoms with E-state index >= 15 is 0 Å². The van der Waals surface area contributed by atoms with E-state index in [9.17, 15) is 4.79 Å². The molecule has 0 bridgehead atoms. The molecule has 7 heteroatoms. The number of hydrogen-bond donors (Lipinski definition) is 1. The maximum atomic E-state index is 11.8. The van der Waals surface area contributed by atoms with E-state index in [1.165, 1.54) is 10.9 Å². The summed E-state index contributed by atoms with van der Waals surface area (Å²) in [4.78, 5) is 15.6. The molecule has 0 atom stereocenters. The molecule has 2 aromatic rings. The van der Waals surface area contributed by atoms with E-state index in [1.54, 1.807) is 18.2 Å². The highest BCUT2D eigenvalue weighted by molar-refractivity contribution is 6.42. The molecule has 4 nitrogen and oxygen atoms in total. The molecule has 0 saturated heterocycles. The smallest absolute Gasteiger partial charge is 0.278 e. The molecule has 1 aromatic carbocycles. The van der Waals surface area contributed by atoms with Crippen molar-refractivity contribution in [3.05, 3.63) is 55.6 Å². The predicted molar refractivity (Wildman–Crippen MR) is 73.5 cm³/mol. The Morgan fingerprint density at radius 2 is 1.94 bits per heavy atom. The van der Waals surface area contributed by atoms with Crippen molar-refractivity contribution in [3.8, 4) is 0 Å². The predicted octanol–water partition coefficient (Wildman–Crippen LogP) is 2.83. The maximum Gasteiger partial charge on any atom is 0.278 e. The third-order valence-corrected chi connectivity index (χ3v) is 3.40. The minimum Gasteiger partial charge on any atom is -0.392 e. The second kappa shape index (κ2) is 5.18. The van der Waals surface area contributed by atoms with E-state index in [2.05, 4.69) is 4.98 Å². The van der Waals surface area contributed by atoms with Gasteiger partial charge in [0, 0.05) is 0 Å². The van der Waals surface area contributed by atoms with Crippen molar-refractivity contribution in [2.45, 2.75) is 6.54 Å². The average molecular weight is 305 g/mol. The fourth-order valence-electron chi connectivity index (χ4n) is 1.43. The number of anilines is 1. The molecule has 0 radical (unpaired) electrons. The molecule has 0 unspecified atom stereocenters. The number of benzene rings is 1. The van der Waals surface area contributed by atoms with Crippen LogP contribution in [0.5, 0.6) is 0 Å². The molecule has 0 amide bonds. The molecule has 0 fully saturated rings. The van der Waals surface area contributed by atoms with Crippen LogP contribution in [0.3, 0.4) is 0 Å². The van der Waals surface area contributed by atoms with Gasteiger partial charge in [-0.25, -0.2) is 4.98 Å². The zero-order chi connectivity index (χ0) is 13.3. The summed E-state index contributed by atoms with van der Waals surface area (Å²) in [5.74, 6) is 0. The molecule has 2 rings (SSSR count). The molecule has 0 aliphatic rings. The Kier molecular flexibility index (Phi) is 3.80. The number of aromatic nitrogens is 2. The van der Waals surface area contributed by atoms with Gasteiger partial charge in [-0.05, 0) is 17.7 Å². The van der Waals surface area contributed by atoms with Crippen LogP contribution in [0.15, 0.2) is 29.3 Å². The third kappa shape index (κ3) is 2.61. The Morgan fingerprint density at radius 1 is 1.22 bits per heavy atom. The third-order valence-electron chi connectivity index (χ3n) is 2.36. The van der Waals surface area contributed by atoms with E-state index < -0.39 is 0 Å². The van der Waals surface area contributed by atoms with E-state index in [4.69, 9.17) is 40.5 Å². The molecule has 0 aliphatic carbocycles. The number of hydrogen-bond acceptors (Lipinski definition) is 3. The first-order valence-electron chi connectivity index (χ1n) is 4.93. The van der Waals surface area contributed by atoms with Gasteiger partial charge in [0.15, 0.2) is 5.15 Å². The molecular weight excluding hydrogens is 297 g/mol. The lowest BCUT2D eigenvalue weighted by Gasteiger charge is -2.07. The SMILES string of the molecule is Nc1c(Cl)ncn(Cc2ccc(Cl)c(Cl)c2)c1=O. The fourth-order valence-corrected chi connectivity index (χ4v) is 1.88. The number of rotatable bonds is 2. The average Bonchev–Trinajstić information content (AvgIpc) is 2.34. The van der Waals surface area contributed by atoms with Crippen LogP contribution in [-0.4, -0.2) is 9.55 Å². The van der Waals surface area contributed by atoms with E-state index in [0.717, 1.165) is 5.56 Å². The summed E-state index contributed by atoms with van der Waals surface area (Å²) in [6, 6.07) is 5.11. The fraction of sp³-hybridized carbons (Fsp3) is 0.0909. The number of nitrogens with zero attached hydrogens (tertiary/aromatic N) is 2. The number of nitrogens with two attached hydrogens (primary N) is 1. The zero-order valence-corrected chi connectivity index (χ0v) is 11.3.